The van der Waals surface area contributed by atoms with E-state index in [9.17, 15) is 4.21 Å². The molecule has 0 amide bonds. The first-order chi connectivity index (χ1) is 6.24. The Bertz CT molecular complexity index is 306. The third-order valence-corrected chi connectivity index (χ3v) is 1.74. The molecule has 5 nitrogen and oxygen atoms in total. The van der Waals surface area contributed by atoms with E-state index in [1.165, 1.54) is 7.11 Å². The van der Waals surface area contributed by atoms with E-state index in [1.807, 2.05) is 0 Å². The molecule has 2 N–H and O–H groups in total. The van der Waals surface area contributed by atoms with Gasteiger partial charge in [0.15, 0.2) is 11.1 Å². The summed E-state index contributed by atoms with van der Waals surface area (Å²) in [7, 11) is 1.49. The Labute approximate surface area is 78.4 Å². The van der Waals surface area contributed by atoms with Crippen LogP contribution in [-0.4, -0.2) is 26.7 Å². The minimum absolute atomic E-state index is 0.0396. The summed E-state index contributed by atoms with van der Waals surface area (Å²) in [5.74, 6) is 0.371. The van der Waals surface area contributed by atoms with Crippen molar-refractivity contribution in [1.29, 1.82) is 0 Å². The van der Waals surface area contributed by atoms with Gasteiger partial charge in [-0.1, -0.05) is 0 Å². The highest BCUT2D eigenvalue weighted by Crippen LogP contribution is 2.19. The summed E-state index contributed by atoms with van der Waals surface area (Å²) in [6, 6.07) is 3.43. The number of nitrogens with one attached hydrogen (secondary N) is 1. The smallest absolute Gasteiger partial charge is 0.237 e. The lowest BCUT2D eigenvalue weighted by molar-refractivity contribution is 0.400. The number of hydrogen-bond donors (Lipinski definition) is 2. The molecule has 0 radical (unpaired) electrons. The maximum absolute atomic E-state index is 10.4. The average molecular weight is 202 g/mol. The van der Waals surface area contributed by atoms with Crippen LogP contribution in [0.15, 0.2) is 18.3 Å². The van der Waals surface area contributed by atoms with Crippen molar-refractivity contribution in [2.45, 2.75) is 0 Å². The first-order valence-corrected chi connectivity index (χ1v) is 4.82. The number of rotatable bonds is 4. The van der Waals surface area contributed by atoms with E-state index in [2.05, 4.69) is 10.3 Å². The molecule has 1 rings (SSSR count). The lowest BCUT2D eigenvalue weighted by atomic mass is 10.4. The second-order valence-corrected chi connectivity index (χ2v) is 3.13. The highest BCUT2D eigenvalue weighted by Gasteiger charge is 2.02. The monoisotopic (exact) mass is 202 g/mol. The van der Waals surface area contributed by atoms with E-state index < -0.39 is 11.1 Å². The van der Waals surface area contributed by atoms with Gasteiger partial charge in [0, 0.05) is 6.20 Å². The fourth-order valence-electron chi connectivity index (χ4n) is 0.828. The van der Waals surface area contributed by atoms with Gasteiger partial charge in [-0.25, -0.2) is 9.19 Å². The standard InChI is InChI=1S/C7H10N2O3S/c1-12-7-6(3-2-4-8-7)9-5-13(10)11/h2-4,9H,5H2,1H3,(H,10,11). The molecular weight excluding hydrogens is 192 g/mol. The molecular formula is C7H10N2O3S. The molecule has 0 spiro atoms. The van der Waals surface area contributed by atoms with Gasteiger partial charge in [-0.3, -0.25) is 0 Å². The molecule has 13 heavy (non-hydrogen) atoms. The Morgan fingerprint density at radius 2 is 2.54 bits per heavy atom. The molecule has 0 aliphatic carbocycles. The summed E-state index contributed by atoms with van der Waals surface area (Å²) in [6.07, 6.45) is 1.58. The zero-order valence-electron chi connectivity index (χ0n) is 7.06. The Morgan fingerprint density at radius 1 is 1.77 bits per heavy atom. The van der Waals surface area contributed by atoms with Crippen LogP contribution < -0.4 is 10.1 Å². The van der Waals surface area contributed by atoms with Crippen LogP contribution in [0.2, 0.25) is 0 Å². The van der Waals surface area contributed by atoms with E-state index in [1.54, 1.807) is 18.3 Å². The van der Waals surface area contributed by atoms with E-state index in [0.717, 1.165) is 0 Å². The molecule has 0 saturated carbocycles. The van der Waals surface area contributed by atoms with Gasteiger partial charge in [-0.05, 0) is 12.1 Å². The predicted molar refractivity (Wildman–Crippen MR) is 50.0 cm³/mol. The zero-order chi connectivity index (χ0) is 9.68. The Balaban J connectivity index is 2.69. The lowest BCUT2D eigenvalue weighted by Gasteiger charge is -2.07. The molecule has 0 bridgehead atoms. The summed E-state index contributed by atoms with van der Waals surface area (Å²) >= 11 is -1.87. The van der Waals surface area contributed by atoms with Crippen molar-refractivity contribution in [1.82, 2.24) is 4.98 Å². The van der Waals surface area contributed by atoms with Crippen LogP contribution in [0.3, 0.4) is 0 Å². The van der Waals surface area contributed by atoms with Gasteiger partial charge in [0.1, 0.15) is 5.88 Å². The molecule has 1 aromatic heterocycles. The van der Waals surface area contributed by atoms with Crippen molar-refractivity contribution in [3.63, 3.8) is 0 Å². The molecule has 0 aromatic carbocycles. The number of methoxy groups -OCH3 is 1. The normalized spacial score (nSPS) is 12.2. The predicted octanol–water partition coefficient (Wildman–Crippen LogP) is 0.681. The van der Waals surface area contributed by atoms with Gasteiger partial charge < -0.3 is 14.6 Å². The fraction of sp³-hybridized carbons (Fsp3) is 0.286. The summed E-state index contributed by atoms with van der Waals surface area (Å²) in [5, 5.41) is 2.73. The quantitative estimate of drug-likeness (QED) is 0.702. The second-order valence-electron chi connectivity index (χ2n) is 2.20. The van der Waals surface area contributed by atoms with E-state index in [-0.39, 0.29) is 5.88 Å². The Kier molecular flexibility index (Phi) is 3.66. The van der Waals surface area contributed by atoms with Crippen LogP contribution >= 0.6 is 0 Å². The summed E-state index contributed by atoms with van der Waals surface area (Å²) in [5.41, 5.74) is 0.604. The minimum atomic E-state index is -1.87. The number of ether oxygens (including phenoxy) is 1. The zero-order valence-corrected chi connectivity index (χ0v) is 7.87. The molecule has 6 heteroatoms. The van der Waals surface area contributed by atoms with Crippen LogP contribution in [0, 0.1) is 0 Å². The van der Waals surface area contributed by atoms with Crippen LogP contribution in [0.25, 0.3) is 0 Å². The molecule has 1 atom stereocenters. The van der Waals surface area contributed by atoms with Gasteiger partial charge in [0.05, 0.1) is 12.8 Å². The highest BCUT2D eigenvalue weighted by molar-refractivity contribution is 7.79. The van der Waals surface area contributed by atoms with Crippen LogP contribution in [0.1, 0.15) is 0 Å². The topological polar surface area (TPSA) is 71.5 Å². The van der Waals surface area contributed by atoms with E-state index >= 15 is 0 Å². The molecule has 1 unspecified atom stereocenters. The van der Waals surface area contributed by atoms with Crippen molar-refractivity contribution in [3.05, 3.63) is 18.3 Å². The Hall–Kier alpha value is -1.14. The molecule has 0 aliphatic rings. The first kappa shape index (κ1) is 9.94. The van der Waals surface area contributed by atoms with Crippen molar-refractivity contribution in [3.8, 4) is 5.88 Å². The molecule has 72 valence electrons. The minimum Gasteiger partial charge on any atom is -0.480 e. The summed E-state index contributed by atoms with van der Waals surface area (Å²) in [4.78, 5) is 3.91. The van der Waals surface area contributed by atoms with E-state index in [0.29, 0.717) is 11.6 Å². The molecule has 0 saturated heterocycles. The largest absolute Gasteiger partial charge is 0.480 e. The van der Waals surface area contributed by atoms with Gasteiger partial charge in [0.2, 0.25) is 5.88 Å². The van der Waals surface area contributed by atoms with Crippen LogP contribution in [-0.2, 0) is 11.1 Å². The third kappa shape index (κ3) is 3.00. The summed E-state index contributed by atoms with van der Waals surface area (Å²) < 4.78 is 23.8. The Morgan fingerprint density at radius 3 is 3.15 bits per heavy atom. The van der Waals surface area contributed by atoms with Crippen LogP contribution in [0.4, 0.5) is 5.69 Å². The first-order valence-electron chi connectivity index (χ1n) is 3.54. The molecule has 1 aromatic rings. The summed E-state index contributed by atoms with van der Waals surface area (Å²) in [6.45, 7) is 0. The van der Waals surface area contributed by atoms with Gasteiger partial charge in [0.25, 0.3) is 0 Å². The number of pyridine rings is 1. The fourth-order valence-corrected chi connectivity index (χ4v) is 1.11. The highest BCUT2D eigenvalue weighted by atomic mass is 32.2. The lowest BCUT2D eigenvalue weighted by Crippen LogP contribution is -2.08. The number of hydrogen-bond acceptors (Lipinski definition) is 4. The number of anilines is 1. The van der Waals surface area contributed by atoms with Gasteiger partial charge in [-0.2, -0.15) is 0 Å². The second kappa shape index (κ2) is 4.78. The average Bonchev–Trinajstić information content (AvgIpc) is 2.15. The molecule has 0 aliphatic heterocycles. The van der Waals surface area contributed by atoms with Crippen molar-refractivity contribution in [2.75, 3.05) is 18.3 Å². The van der Waals surface area contributed by atoms with Gasteiger partial charge in [-0.15, -0.1) is 0 Å². The van der Waals surface area contributed by atoms with E-state index in [4.69, 9.17) is 9.29 Å². The SMILES string of the molecule is COc1ncccc1NCS(=O)O. The maximum Gasteiger partial charge on any atom is 0.237 e. The molecule has 1 heterocycles. The third-order valence-electron chi connectivity index (χ3n) is 1.35. The maximum atomic E-state index is 10.4. The number of aromatic nitrogens is 1. The van der Waals surface area contributed by atoms with Crippen molar-refractivity contribution < 1.29 is 13.5 Å². The van der Waals surface area contributed by atoms with Gasteiger partial charge >= 0.3 is 0 Å². The van der Waals surface area contributed by atoms with Crippen LogP contribution in [0.5, 0.6) is 5.88 Å². The number of nitrogens with zero attached hydrogens (tertiary/aromatic N) is 1. The van der Waals surface area contributed by atoms with Crippen molar-refractivity contribution in [2.24, 2.45) is 0 Å². The molecule has 0 fully saturated rings. The van der Waals surface area contributed by atoms with Crippen molar-refractivity contribution >= 4 is 16.8 Å².